The Labute approximate surface area is 148 Å². The largest absolute Gasteiger partial charge is 0.439 e. The number of benzene rings is 1. The van der Waals surface area contributed by atoms with Gasteiger partial charge in [0.05, 0.1) is 6.04 Å². The van der Waals surface area contributed by atoms with Crippen LogP contribution in [-0.4, -0.2) is 33.0 Å². The van der Waals surface area contributed by atoms with Gasteiger partial charge in [-0.05, 0) is 43.7 Å². The molecule has 2 aromatic heterocycles. The van der Waals surface area contributed by atoms with Gasteiger partial charge in [0, 0.05) is 18.3 Å². The standard InChI is InChI=1S/C18H17FN4O3/c1-10-8-13(16-21-18(25)26-22-16)9-15(20-10)17(24)23(3)11(2)12-4-6-14(19)7-5-12/h4-9,11H,1-3H3,(H,21,22,25). The van der Waals surface area contributed by atoms with Gasteiger partial charge in [0.25, 0.3) is 5.91 Å². The Morgan fingerprint density at radius 2 is 1.96 bits per heavy atom. The fourth-order valence-electron chi connectivity index (χ4n) is 2.59. The first-order valence-corrected chi connectivity index (χ1v) is 7.93. The van der Waals surface area contributed by atoms with E-state index in [-0.39, 0.29) is 29.3 Å². The van der Waals surface area contributed by atoms with Gasteiger partial charge in [-0.2, -0.15) is 0 Å². The summed E-state index contributed by atoms with van der Waals surface area (Å²) in [5.41, 5.74) is 2.13. The molecule has 1 N–H and O–H groups in total. The van der Waals surface area contributed by atoms with E-state index >= 15 is 0 Å². The molecule has 26 heavy (non-hydrogen) atoms. The summed E-state index contributed by atoms with van der Waals surface area (Å²) < 4.78 is 17.6. The van der Waals surface area contributed by atoms with Crippen molar-refractivity contribution in [3.8, 4) is 11.4 Å². The van der Waals surface area contributed by atoms with Crippen molar-refractivity contribution < 1.29 is 13.7 Å². The number of carbonyl (C=O) groups is 1. The molecule has 8 heteroatoms. The lowest BCUT2D eigenvalue weighted by atomic mass is 10.1. The van der Waals surface area contributed by atoms with Crippen molar-refractivity contribution in [1.29, 1.82) is 0 Å². The molecule has 0 fully saturated rings. The highest BCUT2D eigenvalue weighted by Crippen LogP contribution is 2.22. The lowest BCUT2D eigenvalue weighted by molar-refractivity contribution is 0.0736. The van der Waals surface area contributed by atoms with Crippen LogP contribution in [0.2, 0.25) is 0 Å². The number of rotatable bonds is 4. The van der Waals surface area contributed by atoms with Gasteiger partial charge in [-0.1, -0.05) is 17.3 Å². The van der Waals surface area contributed by atoms with E-state index in [0.29, 0.717) is 11.3 Å². The smallest absolute Gasteiger partial charge is 0.334 e. The zero-order valence-corrected chi connectivity index (χ0v) is 14.5. The second kappa shape index (κ2) is 6.91. The van der Waals surface area contributed by atoms with Crippen LogP contribution >= 0.6 is 0 Å². The second-order valence-corrected chi connectivity index (χ2v) is 5.97. The number of hydrogen-bond donors (Lipinski definition) is 1. The number of nitrogens with one attached hydrogen (secondary N) is 1. The zero-order valence-electron chi connectivity index (χ0n) is 14.5. The van der Waals surface area contributed by atoms with Gasteiger partial charge in [-0.15, -0.1) is 0 Å². The zero-order chi connectivity index (χ0) is 18.8. The van der Waals surface area contributed by atoms with E-state index in [1.54, 1.807) is 32.2 Å². The first kappa shape index (κ1) is 17.5. The maximum absolute atomic E-state index is 13.1. The molecule has 134 valence electrons. The molecule has 0 aliphatic heterocycles. The summed E-state index contributed by atoms with van der Waals surface area (Å²) in [4.78, 5) is 32.2. The molecule has 0 bridgehead atoms. The SMILES string of the molecule is Cc1cc(-c2noc(=O)[nH]2)cc(C(=O)N(C)C(C)c2ccc(F)cc2)n1. The number of amides is 1. The van der Waals surface area contributed by atoms with Crippen LogP contribution in [0.4, 0.5) is 4.39 Å². The normalized spacial score (nSPS) is 12.0. The second-order valence-electron chi connectivity index (χ2n) is 5.97. The molecule has 0 spiro atoms. The minimum absolute atomic E-state index is 0.209. The maximum atomic E-state index is 13.1. The van der Waals surface area contributed by atoms with E-state index in [9.17, 15) is 14.0 Å². The van der Waals surface area contributed by atoms with E-state index in [4.69, 9.17) is 0 Å². The Morgan fingerprint density at radius 3 is 2.58 bits per heavy atom. The molecular weight excluding hydrogens is 339 g/mol. The van der Waals surface area contributed by atoms with Crippen molar-refractivity contribution in [3.63, 3.8) is 0 Å². The maximum Gasteiger partial charge on any atom is 0.439 e. The van der Waals surface area contributed by atoms with Crippen LogP contribution in [0.5, 0.6) is 0 Å². The fourth-order valence-corrected chi connectivity index (χ4v) is 2.59. The Balaban J connectivity index is 1.90. The summed E-state index contributed by atoms with van der Waals surface area (Å²) in [7, 11) is 1.65. The molecule has 3 aromatic rings. The third-order valence-electron chi connectivity index (χ3n) is 4.14. The van der Waals surface area contributed by atoms with Crippen LogP contribution in [0.3, 0.4) is 0 Å². The van der Waals surface area contributed by atoms with Crippen molar-refractivity contribution in [1.82, 2.24) is 20.0 Å². The van der Waals surface area contributed by atoms with Crippen LogP contribution in [-0.2, 0) is 0 Å². The topological polar surface area (TPSA) is 92.1 Å². The summed E-state index contributed by atoms with van der Waals surface area (Å²) in [5.74, 6) is -1.09. The molecule has 1 amide bonds. The van der Waals surface area contributed by atoms with Crippen LogP contribution in [0, 0.1) is 12.7 Å². The fraction of sp³-hybridized carbons (Fsp3) is 0.222. The molecule has 2 heterocycles. The van der Waals surface area contributed by atoms with Gasteiger partial charge in [-0.25, -0.2) is 14.2 Å². The number of aryl methyl sites for hydroxylation is 1. The van der Waals surface area contributed by atoms with Crippen LogP contribution in [0.15, 0.2) is 45.7 Å². The summed E-state index contributed by atoms with van der Waals surface area (Å²) in [5, 5.41) is 3.63. The van der Waals surface area contributed by atoms with Crippen LogP contribution in [0.25, 0.3) is 11.4 Å². The Morgan fingerprint density at radius 1 is 1.27 bits per heavy atom. The average molecular weight is 356 g/mol. The number of pyridine rings is 1. The third kappa shape index (κ3) is 3.53. The van der Waals surface area contributed by atoms with Gasteiger partial charge in [0.2, 0.25) is 0 Å². The highest BCUT2D eigenvalue weighted by molar-refractivity contribution is 5.93. The molecule has 1 unspecified atom stereocenters. The lowest BCUT2D eigenvalue weighted by Crippen LogP contribution is -2.30. The van der Waals surface area contributed by atoms with Gasteiger partial charge in [0.15, 0.2) is 5.82 Å². The summed E-state index contributed by atoms with van der Waals surface area (Å²) in [6, 6.07) is 8.94. The van der Waals surface area contributed by atoms with E-state index in [1.165, 1.54) is 23.1 Å². The first-order chi connectivity index (χ1) is 12.3. The molecular formula is C18H17FN4O3. The number of halogens is 1. The Bertz CT molecular complexity index is 994. The minimum Gasteiger partial charge on any atom is -0.334 e. The van der Waals surface area contributed by atoms with Gasteiger partial charge in [0.1, 0.15) is 11.5 Å². The van der Waals surface area contributed by atoms with Gasteiger partial charge >= 0.3 is 5.76 Å². The molecule has 3 rings (SSSR count). The molecule has 1 atom stereocenters. The Kier molecular flexibility index (Phi) is 4.66. The summed E-state index contributed by atoms with van der Waals surface area (Å²) in [6.07, 6.45) is 0. The van der Waals surface area contributed by atoms with Crippen molar-refractivity contribution >= 4 is 5.91 Å². The molecule has 0 radical (unpaired) electrons. The molecule has 0 aliphatic rings. The third-order valence-corrected chi connectivity index (χ3v) is 4.14. The highest BCUT2D eigenvalue weighted by Gasteiger charge is 2.21. The average Bonchev–Trinajstić information content (AvgIpc) is 3.06. The lowest BCUT2D eigenvalue weighted by Gasteiger charge is -2.25. The van der Waals surface area contributed by atoms with Crippen molar-refractivity contribution in [2.45, 2.75) is 19.9 Å². The van der Waals surface area contributed by atoms with Crippen LogP contribution in [0.1, 0.15) is 34.7 Å². The minimum atomic E-state index is -0.676. The number of nitrogens with zero attached hydrogens (tertiary/aromatic N) is 3. The monoisotopic (exact) mass is 356 g/mol. The van der Waals surface area contributed by atoms with E-state index in [1.807, 2.05) is 6.92 Å². The van der Waals surface area contributed by atoms with Crippen molar-refractivity contribution in [3.05, 3.63) is 69.7 Å². The summed E-state index contributed by atoms with van der Waals surface area (Å²) >= 11 is 0. The Hall–Kier alpha value is -3.29. The van der Waals surface area contributed by atoms with Crippen molar-refractivity contribution in [2.75, 3.05) is 7.05 Å². The molecule has 0 aliphatic carbocycles. The predicted molar refractivity (Wildman–Crippen MR) is 92.0 cm³/mol. The predicted octanol–water partition coefficient (Wildman–Crippen LogP) is 2.71. The van der Waals surface area contributed by atoms with E-state index in [0.717, 1.165) is 5.56 Å². The highest BCUT2D eigenvalue weighted by atomic mass is 19.1. The summed E-state index contributed by atoms with van der Waals surface area (Å²) in [6.45, 7) is 3.58. The van der Waals surface area contributed by atoms with Gasteiger partial charge < -0.3 is 4.90 Å². The number of carbonyl (C=O) groups excluding carboxylic acids is 1. The van der Waals surface area contributed by atoms with E-state index < -0.39 is 5.76 Å². The molecule has 1 aromatic carbocycles. The van der Waals surface area contributed by atoms with Gasteiger partial charge in [-0.3, -0.25) is 14.3 Å². The number of hydrogen-bond acceptors (Lipinski definition) is 5. The first-order valence-electron chi connectivity index (χ1n) is 7.93. The van der Waals surface area contributed by atoms with Crippen molar-refractivity contribution in [2.24, 2.45) is 0 Å². The molecule has 7 nitrogen and oxygen atoms in total. The molecule has 0 saturated carbocycles. The number of H-pyrrole nitrogens is 1. The molecule has 0 saturated heterocycles. The van der Waals surface area contributed by atoms with Crippen LogP contribution < -0.4 is 5.76 Å². The number of aromatic amines is 1. The number of aromatic nitrogens is 3. The quantitative estimate of drug-likeness (QED) is 0.776. The van der Waals surface area contributed by atoms with E-state index in [2.05, 4.69) is 19.6 Å².